The maximum atomic E-state index is 13.0. The first-order valence-electron chi connectivity index (χ1n) is 9.18. The fraction of sp³-hybridized carbons (Fsp3) is 0.500. The van der Waals surface area contributed by atoms with Crippen molar-refractivity contribution in [2.75, 3.05) is 26.7 Å². The molecule has 0 aliphatic carbocycles. The first-order chi connectivity index (χ1) is 12.0. The first kappa shape index (κ1) is 18.4. The van der Waals surface area contributed by atoms with E-state index in [1.54, 1.807) is 19.2 Å². The van der Waals surface area contributed by atoms with Crippen molar-refractivity contribution in [1.82, 2.24) is 9.21 Å². The zero-order valence-corrected chi connectivity index (χ0v) is 16.0. The average molecular weight is 361 g/mol. The highest BCUT2D eigenvalue weighted by Crippen LogP contribution is 2.23. The summed E-state index contributed by atoms with van der Waals surface area (Å²) >= 11 is 0. The Hall–Kier alpha value is -1.43. The SMILES string of the molecule is CC(CCN1CCCCC1)N(C)S(=O)(=O)c1ccc2ccccc2c1. The van der Waals surface area contributed by atoms with Gasteiger partial charge < -0.3 is 4.90 Å². The van der Waals surface area contributed by atoms with E-state index in [9.17, 15) is 8.42 Å². The molecule has 0 radical (unpaired) electrons. The summed E-state index contributed by atoms with van der Waals surface area (Å²) in [6.45, 7) is 5.27. The van der Waals surface area contributed by atoms with Crippen molar-refractivity contribution in [3.63, 3.8) is 0 Å². The Morgan fingerprint density at radius 1 is 1.04 bits per heavy atom. The quantitative estimate of drug-likeness (QED) is 0.788. The van der Waals surface area contributed by atoms with Crippen LogP contribution >= 0.6 is 0 Å². The molecule has 2 aromatic rings. The lowest BCUT2D eigenvalue weighted by molar-refractivity contribution is 0.209. The summed E-state index contributed by atoms with van der Waals surface area (Å²) in [7, 11) is -1.77. The minimum Gasteiger partial charge on any atom is -0.303 e. The molecule has 1 atom stereocenters. The molecule has 1 saturated heterocycles. The standard InChI is InChI=1S/C20H28N2O2S/c1-17(12-15-22-13-6-3-7-14-22)21(2)25(23,24)20-11-10-18-8-4-5-9-19(18)16-20/h4-5,8-11,16-17H,3,6-7,12-15H2,1-2H3. The molecule has 4 nitrogen and oxygen atoms in total. The van der Waals surface area contributed by atoms with Gasteiger partial charge in [0.25, 0.3) is 0 Å². The number of benzene rings is 2. The summed E-state index contributed by atoms with van der Waals surface area (Å²) in [5.41, 5.74) is 0. The van der Waals surface area contributed by atoms with Crippen LogP contribution in [-0.2, 0) is 10.0 Å². The zero-order chi connectivity index (χ0) is 17.9. The lowest BCUT2D eigenvalue weighted by atomic mass is 10.1. The van der Waals surface area contributed by atoms with Gasteiger partial charge in [0.15, 0.2) is 0 Å². The molecule has 136 valence electrons. The summed E-state index contributed by atoms with van der Waals surface area (Å²) < 4.78 is 27.5. The van der Waals surface area contributed by atoms with E-state index in [1.807, 2.05) is 37.3 Å². The molecule has 3 rings (SSSR count). The molecule has 0 bridgehead atoms. The van der Waals surface area contributed by atoms with Gasteiger partial charge >= 0.3 is 0 Å². The smallest absolute Gasteiger partial charge is 0.243 e. The maximum Gasteiger partial charge on any atom is 0.243 e. The van der Waals surface area contributed by atoms with Crippen molar-refractivity contribution < 1.29 is 8.42 Å². The molecule has 1 unspecified atom stereocenters. The monoisotopic (exact) mass is 360 g/mol. The molecule has 1 fully saturated rings. The van der Waals surface area contributed by atoms with E-state index in [4.69, 9.17) is 0 Å². The van der Waals surface area contributed by atoms with Crippen LogP contribution in [-0.4, -0.2) is 50.3 Å². The van der Waals surface area contributed by atoms with E-state index in [0.717, 1.165) is 36.8 Å². The molecule has 0 amide bonds. The Morgan fingerprint density at radius 2 is 1.72 bits per heavy atom. The largest absolute Gasteiger partial charge is 0.303 e. The number of hydrogen-bond donors (Lipinski definition) is 0. The van der Waals surface area contributed by atoms with Crippen LogP contribution in [0.4, 0.5) is 0 Å². The number of piperidine rings is 1. The minimum absolute atomic E-state index is 0.0154. The van der Waals surface area contributed by atoms with E-state index in [0.29, 0.717) is 4.90 Å². The molecule has 1 aliphatic heterocycles. The van der Waals surface area contributed by atoms with Crippen LogP contribution in [0, 0.1) is 0 Å². The molecule has 1 aliphatic rings. The predicted octanol–water partition coefficient (Wildman–Crippen LogP) is 3.72. The van der Waals surface area contributed by atoms with Crippen LogP contribution in [0.2, 0.25) is 0 Å². The number of hydrogen-bond acceptors (Lipinski definition) is 3. The molecule has 0 aromatic heterocycles. The summed E-state index contributed by atoms with van der Waals surface area (Å²) in [4.78, 5) is 2.83. The van der Waals surface area contributed by atoms with Crippen molar-refractivity contribution in [3.8, 4) is 0 Å². The van der Waals surface area contributed by atoms with Gasteiger partial charge in [-0.2, -0.15) is 4.31 Å². The van der Waals surface area contributed by atoms with E-state index >= 15 is 0 Å². The number of fused-ring (bicyclic) bond motifs is 1. The van der Waals surface area contributed by atoms with Crippen molar-refractivity contribution in [3.05, 3.63) is 42.5 Å². The van der Waals surface area contributed by atoms with Crippen LogP contribution in [0.5, 0.6) is 0 Å². The molecule has 25 heavy (non-hydrogen) atoms. The van der Waals surface area contributed by atoms with Gasteiger partial charge in [0.2, 0.25) is 10.0 Å². The van der Waals surface area contributed by atoms with Crippen LogP contribution in [0.15, 0.2) is 47.4 Å². The van der Waals surface area contributed by atoms with Gasteiger partial charge in [0.05, 0.1) is 4.90 Å². The van der Waals surface area contributed by atoms with Crippen LogP contribution in [0.25, 0.3) is 10.8 Å². The molecule has 1 heterocycles. The lowest BCUT2D eigenvalue weighted by Gasteiger charge is -2.30. The van der Waals surface area contributed by atoms with Crippen LogP contribution < -0.4 is 0 Å². The molecule has 0 saturated carbocycles. The van der Waals surface area contributed by atoms with Crippen molar-refractivity contribution in [2.24, 2.45) is 0 Å². The summed E-state index contributed by atoms with van der Waals surface area (Å²) in [6, 6.07) is 13.2. The van der Waals surface area contributed by atoms with Crippen molar-refractivity contribution in [2.45, 2.75) is 43.5 Å². The van der Waals surface area contributed by atoms with Gasteiger partial charge in [-0.15, -0.1) is 0 Å². The minimum atomic E-state index is -3.47. The van der Waals surface area contributed by atoms with Gasteiger partial charge in [0.1, 0.15) is 0 Å². The van der Waals surface area contributed by atoms with Crippen molar-refractivity contribution >= 4 is 20.8 Å². The number of nitrogens with zero attached hydrogens (tertiary/aromatic N) is 2. The average Bonchev–Trinajstić information content (AvgIpc) is 2.65. The third-order valence-corrected chi connectivity index (χ3v) is 7.30. The first-order valence-corrected chi connectivity index (χ1v) is 10.6. The highest BCUT2D eigenvalue weighted by atomic mass is 32.2. The normalized spacial score (nSPS) is 17.9. The molecule has 0 spiro atoms. The Morgan fingerprint density at radius 3 is 2.44 bits per heavy atom. The van der Waals surface area contributed by atoms with Gasteiger partial charge in [-0.1, -0.05) is 36.8 Å². The van der Waals surface area contributed by atoms with E-state index in [2.05, 4.69) is 4.90 Å². The number of sulfonamides is 1. The van der Waals surface area contributed by atoms with Crippen molar-refractivity contribution in [1.29, 1.82) is 0 Å². The van der Waals surface area contributed by atoms with E-state index in [-0.39, 0.29) is 6.04 Å². The zero-order valence-electron chi connectivity index (χ0n) is 15.2. The third-order valence-electron chi connectivity index (χ3n) is 5.33. The summed E-state index contributed by atoms with van der Waals surface area (Å²) in [5, 5.41) is 2.01. The van der Waals surface area contributed by atoms with Crippen LogP contribution in [0.3, 0.4) is 0 Å². The Labute approximate surface area is 151 Å². The van der Waals surface area contributed by atoms with Gasteiger partial charge in [-0.3, -0.25) is 0 Å². The Kier molecular flexibility index (Phi) is 5.77. The molecular weight excluding hydrogens is 332 g/mol. The number of rotatable bonds is 6. The molecule has 0 N–H and O–H groups in total. The molecule has 5 heteroatoms. The van der Waals surface area contributed by atoms with E-state index < -0.39 is 10.0 Å². The second-order valence-electron chi connectivity index (χ2n) is 7.07. The maximum absolute atomic E-state index is 13.0. The Bertz CT molecular complexity index is 813. The predicted molar refractivity (Wildman–Crippen MR) is 103 cm³/mol. The van der Waals surface area contributed by atoms with Crippen LogP contribution in [0.1, 0.15) is 32.6 Å². The second-order valence-corrected chi connectivity index (χ2v) is 9.07. The number of likely N-dealkylation sites (tertiary alicyclic amines) is 1. The molecular formula is C20H28N2O2S. The van der Waals surface area contributed by atoms with Gasteiger partial charge in [-0.25, -0.2) is 8.42 Å². The fourth-order valence-corrected chi connectivity index (χ4v) is 4.89. The topological polar surface area (TPSA) is 40.6 Å². The lowest BCUT2D eigenvalue weighted by Crippen LogP contribution is -2.39. The van der Waals surface area contributed by atoms with Gasteiger partial charge in [0, 0.05) is 13.1 Å². The fourth-order valence-electron chi connectivity index (χ4n) is 3.47. The second kappa shape index (κ2) is 7.85. The van der Waals surface area contributed by atoms with E-state index in [1.165, 1.54) is 23.6 Å². The summed E-state index contributed by atoms with van der Waals surface area (Å²) in [6.07, 6.45) is 4.71. The van der Waals surface area contributed by atoms with Gasteiger partial charge in [-0.05, 0) is 68.7 Å². The highest BCUT2D eigenvalue weighted by molar-refractivity contribution is 7.89. The Balaban J connectivity index is 1.70. The molecule has 2 aromatic carbocycles. The summed E-state index contributed by atoms with van der Waals surface area (Å²) in [5.74, 6) is 0. The highest BCUT2D eigenvalue weighted by Gasteiger charge is 2.26. The third kappa shape index (κ3) is 4.22.